The monoisotopic (exact) mass is 477 g/mol. The molecule has 0 saturated carbocycles. The molecule has 0 spiro atoms. The van der Waals surface area contributed by atoms with E-state index in [9.17, 15) is 4.79 Å². The van der Waals surface area contributed by atoms with Crippen molar-refractivity contribution in [1.29, 1.82) is 0 Å². The number of ether oxygens (including phenoxy) is 1. The smallest absolute Gasteiger partial charge is 0.230 e. The first-order valence-electron chi connectivity index (χ1n) is 10.9. The van der Waals surface area contributed by atoms with Gasteiger partial charge in [0.05, 0.1) is 31.6 Å². The molecule has 4 aromatic rings. The zero-order chi connectivity index (χ0) is 23.9. The Labute approximate surface area is 202 Å². The van der Waals surface area contributed by atoms with E-state index in [1.54, 1.807) is 11.8 Å². The molecule has 176 valence electrons. The summed E-state index contributed by atoms with van der Waals surface area (Å²) in [6.07, 6.45) is 0. The van der Waals surface area contributed by atoms with Gasteiger partial charge in [0.15, 0.2) is 0 Å². The Kier molecular flexibility index (Phi) is 7.58. The van der Waals surface area contributed by atoms with Gasteiger partial charge >= 0.3 is 0 Å². The Morgan fingerprint density at radius 2 is 1.71 bits per heavy atom. The lowest BCUT2D eigenvalue weighted by Crippen LogP contribution is -2.25. The van der Waals surface area contributed by atoms with Crippen molar-refractivity contribution in [3.05, 3.63) is 82.7 Å². The SMILES string of the molecule is COc1ccc(Cn2nnnc2SCC(=O)NCc2c(C)nn(Cc3ccccc3)c2C)cc1. The Hall–Kier alpha value is -3.66. The van der Waals surface area contributed by atoms with Crippen LogP contribution in [-0.2, 0) is 24.4 Å². The van der Waals surface area contributed by atoms with Crippen molar-refractivity contribution in [2.24, 2.45) is 0 Å². The lowest BCUT2D eigenvalue weighted by molar-refractivity contribution is -0.118. The summed E-state index contributed by atoms with van der Waals surface area (Å²) in [5, 5.41) is 20.1. The van der Waals surface area contributed by atoms with Gasteiger partial charge in [-0.1, -0.05) is 54.2 Å². The van der Waals surface area contributed by atoms with Gasteiger partial charge in [-0.15, -0.1) is 5.10 Å². The van der Waals surface area contributed by atoms with Crippen LogP contribution in [-0.4, -0.2) is 48.8 Å². The number of tetrazole rings is 1. The highest BCUT2D eigenvalue weighted by Gasteiger charge is 2.14. The minimum atomic E-state index is -0.0846. The van der Waals surface area contributed by atoms with Gasteiger partial charge in [0.25, 0.3) is 0 Å². The highest BCUT2D eigenvalue weighted by molar-refractivity contribution is 7.99. The van der Waals surface area contributed by atoms with Crippen LogP contribution < -0.4 is 10.1 Å². The van der Waals surface area contributed by atoms with Crippen molar-refractivity contribution in [2.45, 2.75) is 38.6 Å². The first-order chi connectivity index (χ1) is 16.5. The molecule has 2 aromatic carbocycles. The molecule has 0 aliphatic heterocycles. The van der Waals surface area contributed by atoms with Crippen molar-refractivity contribution in [1.82, 2.24) is 35.3 Å². The van der Waals surface area contributed by atoms with Gasteiger partial charge in [-0.2, -0.15) is 5.10 Å². The number of nitrogens with zero attached hydrogens (tertiary/aromatic N) is 6. The van der Waals surface area contributed by atoms with Crippen LogP contribution in [0.2, 0.25) is 0 Å². The number of carbonyl (C=O) groups excluding carboxylic acids is 1. The number of nitrogens with one attached hydrogen (secondary N) is 1. The molecule has 0 unspecified atom stereocenters. The molecule has 0 fully saturated rings. The molecule has 34 heavy (non-hydrogen) atoms. The van der Waals surface area contributed by atoms with E-state index in [2.05, 4.69) is 38.1 Å². The van der Waals surface area contributed by atoms with Crippen LogP contribution in [0, 0.1) is 13.8 Å². The van der Waals surface area contributed by atoms with Crippen LogP contribution in [0.5, 0.6) is 5.75 Å². The fraction of sp³-hybridized carbons (Fsp3) is 0.292. The molecular formula is C24H27N7O2S. The van der Waals surface area contributed by atoms with Crippen LogP contribution >= 0.6 is 11.8 Å². The van der Waals surface area contributed by atoms with Crippen molar-refractivity contribution in [2.75, 3.05) is 12.9 Å². The van der Waals surface area contributed by atoms with E-state index < -0.39 is 0 Å². The predicted octanol–water partition coefficient (Wildman–Crippen LogP) is 3.00. The second kappa shape index (κ2) is 11.0. The van der Waals surface area contributed by atoms with Gasteiger partial charge in [0.1, 0.15) is 5.75 Å². The number of aromatic nitrogens is 6. The molecule has 0 saturated heterocycles. The van der Waals surface area contributed by atoms with Crippen LogP contribution in [0.3, 0.4) is 0 Å². The molecule has 2 heterocycles. The summed E-state index contributed by atoms with van der Waals surface area (Å²) < 4.78 is 8.85. The van der Waals surface area contributed by atoms with Crippen molar-refractivity contribution in [3.8, 4) is 5.75 Å². The third kappa shape index (κ3) is 5.82. The molecule has 10 heteroatoms. The Balaban J connectivity index is 1.30. The van der Waals surface area contributed by atoms with E-state index in [1.807, 2.05) is 61.0 Å². The standard InChI is InChI=1S/C24H27N7O2S/c1-17-22(18(2)30(27-17)14-19-7-5-4-6-8-19)13-25-23(32)16-34-24-26-28-29-31(24)15-20-9-11-21(33-3)12-10-20/h4-12H,13-16H2,1-3H3,(H,25,32). The van der Waals surface area contributed by atoms with Crippen LogP contribution in [0.1, 0.15) is 28.1 Å². The maximum Gasteiger partial charge on any atom is 0.230 e. The van der Waals surface area contributed by atoms with E-state index in [0.29, 0.717) is 24.8 Å². The van der Waals surface area contributed by atoms with E-state index in [0.717, 1.165) is 28.3 Å². The number of methoxy groups -OCH3 is 1. The Bertz CT molecular complexity index is 1240. The number of hydrogen-bond donors (Lipinski definition) is 1. The zero-order valence-electron chi connectivity index (χ0n) is 19.4. The maximum absolute atomic E-state index is 12.5. The average Bonchev–Trinajstić information content (AvgIpc) is 3.40. The van der Waals surface area contributed by atoms with E-state index in [4.69, 9.17) is 4.74 Å². The summed E-state index contributed by atoms with van der Waals surface area (Å²) in [4.78, 5) is 12.5. The number of benzene rings is 2. The summed E-state index contributed by atoms with van der Waals surface area (Å²) in [6, 6.07) is 17.9. The molecule has 0 aliphatic rings. The molecule has 0 atom stereocenters. The quantitative estimate of drug-likeness (QED) is 0.351. The lowest BCUT2D eigenvalue weighted by Gasteiger charge is -2.08. The highest BCUT2D eigenvalue weighted by Crippen LogP contribution is 2.18. The second-order valence-corrected chi connectivity index (χ2v) is 8.77. The third-order valence-electron chi connectivity index (χ3n) is 5.49. The zero-order valence-corrected chi connectivity index (χ0v) is 20.2. The van der Waals surface area contributed by atoms with Crippen LogP contribution in [0.25, 0.3) is 0 Å². The Morgan fingerprint density at radius 1 is 1.00 bits per heavy atom. The van der Waals surface area contributed by atoms with Crippen LogP contribution in [0.15, 0.2) is 59.8 Å². The number of hydrogen-bond acceptors (Lipinski definition) is 7. The summed E-state index contributed by atoms with van der Waals surface area (Å²) in [5.41, 5.74) is 5.24. The topological polar surface area (TPSA) is 99.8 Å². The summed E-state index contributed by atoms with van der Waals surface area (Å²) >= 11 is 1.31. The minimum absolute atomic E-state index is 0.0846. The van der Waals surface area contributed by atoms with Gasteiger partial charge in [0.2, 0.25) is 11.1 Å². The van der Waals surface area contributed by atoms with Gasteiger partial charge in [0, 0.05) is 17.8 Å². The number of carbonyl (C=O) groups is 1. The largest absolute Gasteiger partial charge is 0.497 e. The first kappa shape index (κ1) is 23.5. The van der Waals surface area contributed by atoms with Crippen molar-refractivity contribution < 1.29 is 9.53 Å². The van der Waals surface area contributed by atoms with Crippen molar-refractivity contribution >= 4 is 17.7 Å². The summed E-state index contributed by atoms with van der Waals surface area (Å²) in [5.74, 6) is 0.931. The van der Waals surface area contributed by atoms with E-state index >= 15 is 0 Å². The molecule has 1 amide bonds. The van der Waals surface area contributed by atoms with E-state index in [-0.39, 0.29) is 11.7 Å². The lowest BCUT2D eigenvalue weighted by atomic mass is 10.2. The normalized spacial score (nSPS) is 10.9. The molecule has 9 nitrogen and oxygen atoms in total. The second-order valence-electron chi connectivity index (χ2n) is 7.83. The number of rotatable bonds is 10. The van der Waals surface area contributed by atoms with Crippen LogP contribution in [0.4, 0.5) is 0 Å². The summed E-state index contributed by atoms with van der Waals surface area (Å²) in [6.45, 7) is 5.65. The van der Waals surface area contributed by atoms with Crippen molar-refractivity contribution in [3.63, 3.8) is 0 Å². The first-order valence-corrected chi connectivity index (χ1v) is 11.9. The number of aryl methyl sites for hydroxylation is 1. The fourth-order valence-electron chi connectivity index (χ4n) is 3.57. The van der Waals surface area contributed by atoms with E-state index in [1.165, 1.54) is 17.3 Å². The maximum atomic E-state index is 12.5. The van der Waals surface area contributed by atoms with Gasteiger partial charge in [-0.05, 0) is 47.5 Å². The molecule has 0 radical (unpaired) electrons. The number of thioether (sulfide) groups is 1. The number of amides is 1. The Morgan fingerprint density at radius 3 is 2.44 bits per heavy atom. The summed E-state index contributed by atoms with van der Waals surface area (Å²) in [7, 11) is 1.63. The van der Waals surface area contributed by atoms with Gasteiger partial charge in [-0.3, -0.25) is 9.48 Å². The fourth-order valence-corrected chi connectivity index (χ4v) is 4.28. The molecule has 4 rings (SSSR count). The molecular weight excluding hydrogens is 450 g/mol. The molecule has 0 aliphatic carbocycles. The van der Waals surface area contributed by atoms with Gasteiger partial charge < -0.3 is 10.1 Å². The minimum Gasteiger partial charge on any atom is -0.497 e. The highest BCUT2D eigenvalue weighted by atomic mass is 32.2. The molecule has 2 aromatic heterocycles. The predicted molar refractivity (Wildman–Crippen MR) is 130 cm³/mol. The third-order valence-corrected chi connectivity index (χ3v) is 6.45. The molecule has 1 N–H and O–H groups in total. The van der Waals surface area contributed by atoms with Gasteiger partial charge in [-0.25, -0.2) is 4.68 Å². The molecule has 0 bridgehead atoms. The average molecular weight is 478 g/mol.